The molecule has 1 amide bonds. The van der Waals surface area contributed by atoms with E-state index in [1.54, 1.807) is 12.1 Å². The first-order valence-corrected chi connectivity index (χ1v) is 8.74. The zero-order chi connectivity index (χ0) is 16.7. The molecule has 1 aromatic rings. The average Bonchev–Trinajstić information content (AvgIpc) is 3.37. The fourth-order valence-electron chi connectivity index (χ4n) is 3.93. The predicted octanol–water partition coefficient (Wildman–Crippen LogP) is 2.09. The fourth-order valence-corrected chi connectivity index (χ4v) is 3.93. The van der Waals surface area contributed by atoms with Gasteiger partial charge in [0.15, 0.2) is 0 Å². The van der Waals surface area contributed by atoms with Crippen LogP contribution in [-0.4, -0.2) is 34.7 Å². The van der Waals surface area contributed by atoms with Gasteiger partial charge >= 0.3 is 5.97 Å². The highest BCUT2D eigenvalue weighted by Gasteiger charge is 2.40. The molecule has 4 rings (SSSR count). The summed E-state index contributed by atoms with van der Waals surface area (Å²) in [6.07, 6.45) is 5.19. The number of rotatable bonds is 5. The van der Waals surface area contributed by atoms with E-state index in [-0.39, 0.29) is 23.3 Å². The lowest BCUT2D eigenvalue weighted by molar-refractivity contribution is -0.127. The van der Waals surface area contributed by atoms with Crippen LogP contribution in [0.5, 0.6) is 0 Å². The summed E-state index contributed by atoms with van der Waals surface area (Å²) in [6.45, 7) is 1.05. The summed E-state index contributed by atoms with van der Waals surface area (Å²) in [7, 11) is 0. The van der Waals surface area contributed by atoms with Crippen molar-refractivity contribution in [3.63, 3.8) is 0 Å². The third-order valence-corrected chi connectivity index (χ3v) is 5.44. The van der Waals surface area contributed by atoms with Gasteiger partial charge in [-0.1, -0.05) is 0 Å². The first-order valence-electron chi connectivity index (χ1n) is 8.74. The number of pyridine rings is 1. The topological polar surface area (TPSA) is 88.5 Å². The third kappa shape index (κ3) is 3.02. The minimum Gasteiger partial charge on any atom is -0.478 e. The molecule has 2 heterocycles. The molecule has 0 spiro atoms. The number of carboxylic acid groups (broad SMARTS) is 1. The Labute approximate surface area is 140 Å². The highest BCUT2D eigenvalue weighted by Crippen LogP contribution is 2.41. The molecule has 6 heteroatoms. The number of carbonyl (C=O) groups is 2. The van der Waals surface area contributed by atoms with Gasteiger partial charge in [0.2, 0.25) is 5.91 Å². The summed E-state index contributed by atoms with van der Waals surface area (Å²) in [5.74, 6) is -0.227. The van der Waals surface area contributed by atoms with E-state index in [9.17, 15) is 14.7 Å². The van der Waals surface area contributed by atoms with Gasteiger partial charge in [-0.25, -0.2) is 4.79 Å². The van der Waals surface area contributed by atoms with Gasteiger partial charge < -0.3 is 15.2 Å². The first kappa shape index (κ1) is 15.6. The van der Waals surface area contributed by atoms with Crippen molar-refractivity contribution < 1.29 is 19.4 Å². The van der Waals surface area contributed by atoms with Crippen molar-refractivity contribution in [2.75, 3.05) is 6.61 Å². The van der Waals surface area contributed by atoms with E-state index < -0.39 is 5.97 Å². The number of hydrogen-bond acceptors (Lipinski definition) is 4. The van der Waals surface area contributed by atoms with Crippen LogP contribution in [0.4, 0.5) is 0 Å². The van der Waals surface area contributed by atoms with E-state index in [0.29, 0.717) is 30.9 Å². The second-order valence-corrected chi connectivity index (χ2v) is 7.17. The van der Waals surface area contributed by atoms with Crippen LogP contribution in [-0.2, 0) is 16.1 Å². The molecule has 128 valence electrons. The predicted molar refractivity (Wildman–Crippen MR) is 85.6 cm³/mol. The lowest BCUT2D eigenvalue weighted by Gasteiger charge is -2.25. The molecule has 3 atom stereocenters. The monoisotopic (exact) mass is 330 g/mol. The van der Waals surface area contributed by atoms with Crippen molar-refractivity contribution in [2.45, 2.75) is 50.7 Å². The van der Waals surface area contributed by atoms with Crippen LogP contribution in [0.3, 0.4) is 0 Å². The number of aromatic nitrogens is 1. The number of carboxylic acids is 1. The third-order valence-electron chi connectivity index (χ3n) is 5.44. The number of hydrogen-bond donors (Lipinski definition) is 2. The standard InChI is InChI=1S/C18H22N2O4/c21-17(14-6-4-13-7-11(14)9-24-13)19-8-12-3-5-15(18(22)23)16(20-12)10-1-2-10/h3,5,10-11,13-14H,1-2,4,6-9H2,(H,19,21)(H,22,23)/t11-,13+,14-/m1/s1. The van der Waals surface area contributed by atoms with Gasteiger partial charge in [-0.05, 0) is 50.2 Å². The number of nitrogens with one attached hydrogen (secondary N) is 1. The molecule has 24 heavy (non-hydrogen) atoms. The SMILES string of the molecule is O=C(O)c1ccc(CNC(=O)[C@@H]2CC[C@H]3C[C@@H]2CO3)nc1C1CC1. The molecule has 2 bridgehead atoms. The average molecular weight is 330 g/mol. The molecule has 0 radical (unpaired) electrons. The van der Waals surface area contributed by atoms with Crippen molar-refractivity contribution >= 4 is 11.9 Å². The molecule has 3 fully saturated rings. The lowest BCUT2D eigenvalue weighted by atomic mass is 9.80. The van der Waals surface area contributed by atoms with Crippen molar-refractivity contribution in [3.8, 4) is 0 Å². The zero-order valence-corrected chi connectivity index (χ0v) is 13.5. The molecule has 0 unspecified atom stereocenters. The number of fused-ring (bicyclic) bond motifs is 2. The summed E-state index contributed by atoms with van der Waals surface area (Å²) in [5, 5.41) is 12.2. The van der Waals surface area contributed by atoms with Gasteiger partial charge in [0, 0.05) is 11.8 Å². The van der Waals surface area contributed by atoms with Crippen LogP contribution in [0.15, 0.2) is 12.1 Å². The minimum atomic E-state index is -0.932. The summed E-state index contributed by atoms with van der Waals surface area (Å²) < 4.78 is 5.66. The highest BCUT2D eigenvalue weighted by atomic mass is 16.5. The zero-order valence-electron chi connectivity index (χ0n) is 13.5. The molecular formula is C18H22N2O4. The van der Waals surface area contributed by atoms with Crippen LogP contribution in [0.2, 0.25) is 0 Å². The molecular weight excluding hydrogens is 308 g/mol. The van der Waals surface area contributed by atoms with E-state index in [1.165, 1.54) is 0 Å². The second kappa shape index (κ2) is 6.16. The second-order valence-electron chi connectivity index (χ2n) is 7.17. The van der Waals surface area contributed by atoms with E-state index in [4.69, 9.17) is 4.74 Å². The van der Waals surface area contributed by atoms with E-state index in [1.807, 2.05) is 0 Å². The van der Waals surface area contributed by atoms with Gasteiger partial charge in [-0.2, -0.15) is 0 Å². The number of amides is 1. The molecule has 1 aromatic heterocycles. The normalized spacial score (nSPS) is 28.6. The molecule has 2 N–H and O–H groups in total. The quantitative estimate of drug-likeness (QED) is 0.863. The minimum absolute atomic E-state index is 0.0324. The van der Waals surface area contributed by atoms with Crippen LogP contribution in [0, 0.1) is 11.8 Å². The Morgan fingerprint density at radius 3 is 2.83 bits per heavy atom. The summed E-state index contributed by atoms with van der Waals surface area (Å²) >= 11 is 0. The Balaban J connectivity index is 1.41. The smallest absolute Gasteiger partial charge is 0.337 e. The van der Waals surface area contributed by atoms with Crippen molar-refractivity contribution in [3.05, 3.63) is 29.1 Å². The summed E-state index contributed by atoms with van der Waals surface area (Å²) in [5.41, 5.74) is 1.68. The Morgan fingerprint density at radius 1 is 1.25 bits per heavy atom. The Morgan fingerprint density at radius 2 is 2.08 bits per heavy atom. The molecule has 2 aliphatic carbocycles. The van der Waals surface area contributed by atoms with E-state index >= 15 is 0 Å². The Bertz CT molecular complexity index is 671. The molecule has 6 nitrogen and oxygen atoms in total. The van der Waals surface area contributed by atoms with Crippen LogP contribution in [0.1, 0.15) is 59.8 Å². The maximum atomic E-state index is 12.5. The van der Waals surface area contributed by atoms with Crippen LogP contribution in [0.25, 0.3) is 0 Å². The highest BCUT2D eigenvalue weighted by molar-refractivity contribution is 5.89. The summed E-state index contributed by atoms with van der Waals surface area (Å²) in [6, 6.07) is 3.31. The first-order chi connectivity index (χ1) is 11.6. The van der Waals surface area contributed by atoms with Crippen molar-refractivity contribution in [1.82, 2.24) is 10.3 Å². The molecule has 0 aromatic carbocycles. The molecule has 2 saturated carbocycles. The van der Waals surface area contributed by atoms with Gasteiger partial charge in [0.25, 0.3) is 0 Å². The summed E-state index contributed by atoms with van der Waals surface area (Å²) in [4.78, 5) is 28.3. The van der Waals surface area contributed by atoms with Gasteiger partial charge in [-0.15, -0.1) is 0 Å². The Hall–Kier alpha value is -1.95. The number of nitrogens with zero attached hydrogens (tertiary/aromatic N) is 1. The van der Waals surface area contributed by atoms with Gasteiger partial charge in [0.1, 0.15) is 0 Å². The molecule has 1 saturated heterocycles. The van der Waals surface area contributed by atoms with E-state index in [0.717, 1.165) is 37.8 Å². The van der Waals surface area contributed by atoms with Crippen molar-refractivity contribution in [1.29, 1.82) is 0 Å². The number of aromatic carboxylic acids is 1. The van der Waals surface area contributed by atoms with E-state index in [2.05, 4.69) is 10.3 Å². The van der Waals surface area contributed by atoms with Crippen LogP contribution >= 0.6 is 0 Å². The molecule has 1 aliphatic heterocycles. The maximum absolute atomic E-state index is 12.5. The van der Waals surface area contributed by atoms with Crippen LogP contribution < -0.4 is 5.32 Å². The number of carbonyl (C=O) groups excluding carboxylic acids is 1. The molecule has 3 aliphatic rings. The maximum Gasteiger partial charge on any atom is 0.337 e. The fraction of sp³-hybridized carbons (Fsp3) is 0.611. The van der Waals surface area contributed by atoms with Gasteiger partial charge in [-0.3, -0.25) is 9.78 Å². The largest absolute Gasteiger partial charge is 0.478 e. The Kier molecular flexibility index (Phi) is 4.00. The lowest BCUT2D eigenvalue weighted by Crippen LogP contribution is -2.37. The van der Waals surface area contributed by atoms with Crippen molar-refractivity contribution in [2.24, 2.45) is 11.8 Å². The van der Waals surface area contributed by atoms with Gasteiger partial charge in [0.05, 0.1) is 36.2 Å². The number of ether oxygens (including phenoxy) is 1.